The Balaban J connectivity index is 2.30. The summed E-state index contributed by atoms with van der Waals surface area (Å²) in [6.45, 7) is 13.8. The van der Waals surface area contributed by atoms with Crippen molar-refractivity contribution in [1.29, 1.82) is 0 Å². The van der Waals surface area contributed by atoms with Gasteiger partial charge in [-0.15, -0.1) is 0 Å². The Kier molecular flexibility index (Phi) is 7.94. The van der Waals surface area contributed by atoms with Crippen LogP contribution in [-0.4, -0.2) is 37.7 Å². The van der Waals surface area contributed by atoms with Crippen LogP contribution >= 0.6 is 0 Å². The van der Waals surface area contributed by atoms with Crippen LogP contribution in [0, 0.1) is 0 Å². The molecule has 0 bridgehead atoms. The van der Waals surface area contributed by atoms with Crippen LogP contribution in [0.1, 0.15) is 19.4 Å². The van der Waals surface area contributed by atoms with Crippen molar-refractivity contribution in [3.05, 3.63) is 42.5 Å². The second-order valence-electron chi connectivity index (χ2n) is 4.45. The van der Waals surface area contributed by atoms with Gasteiger partial charge in [0.1, 0.15) is 12.4 Å². The molecule has 1 aromatic carbocycles. The number of hydrogen-bond donors (Lipinski definition) is 1. The van der Waals surface area contributed by atoms with Gasteiger partial charge in [-0.3, -0.25) is 0 Å². The van der Waals surface area contributed by atoms with Gasteiger partial charge < -0.3 is 15.0 Å². The Labute approximate surface area is 117 Å². The first-order valence-electron chi connectivity index (χ1n) is 7.05. The second-order valence-corrected chi connectivity index (χ2v) is 4.45. The van der Waals surface area contributed by atoms with E-state index < -0.39 is 0 Å². The zero-order chi connectivity index (χ0) is 13.9. The summed E-state index contributed by atoms with van der Waals surface area (Å²) in [7, 11) is 0. The molecule has 3 nitrogen and oxygen atoms in total. The lowest BCUT2D eigenvalue weighted by Gasteiger charge is -2.18. The number of hydrogen-bond acceptors (Lipinski definition) is 3. The monoisotopic (exact) mass is 262 g/mol. The molecule has 106 valence electrons. The number of nitrogens with one attached hydrogen (secondary N) is 1. The standard InChI is InChI=1S/C16H26N2O/c1-4-12-19-16-9-7-8-15(13-16)14-17-10-11-18(5-2)6-3/h4,7-9,13,17H,1,5-6,10-12,14H2,2-3H3. The van der Waals surface area contributed by atoms with Crippen LogP contribution in [0.5, 0.6) is 5.75 Å². The maximum atomic E-state index is 5.52. The smallest absolute Gasteiger partial charge is 0.120 e. The molecule has 0 saturated carbocycles. The summed E-state index contributed by atoms with van der Waals surface area (Å²) in [6.07, 6.45) is 1.76. The van der Waals surface area contributed by atoms with Crippen molar-refractivity contribution in [1.82, 2.24) is 10.2 Å². The Morgan fingerprint density at radius 3 is 2.79 bits per heavy atom. The molecular formula is C16H26N2O. The molecule has 0 heterocycles. The minimum absolute atomic E-state index is 0.554. The normalized spacial score (nSPS) is 10.7. The van der Waals surface area contributed by atoms with E-state index in [2.05, 4.69) is 42.8 Å². The van der Waals surface area contributed by atoms with Gasteiger partial charge in [0, 0.05) is 19.6 Å². The fraction of sp³-hybridized carbons (Fsp3) is 0.500. The largest absolute Gasteiger partial charge is 0.490 e. The van der Waals surface area contributed by atoms with Gasteiger partial charge in [-0.05, 0) is 30.8 Å². The quantitative estimate of drug-likeness (QED) is 0.518. The van der Waals surface area contributed by atoms with Crippen LogP contribution in [-0.2, 0) is 6.54 Å². The Morgan fingerprint density at radius 1 is 1.32 bits per heavy atom. The van der Waals surface area contributed by atoms with Crippen molar-refractivity contribution in [2.45, 2.75) is 20.4 Å². The molecule has 0 atom stereocenters. The van der Waals surface area contributed by atoms with Crippen molar-refractivity contribution >= 4 is 0 Å². The van der Waals surface area contributed by atoms with Crippen molar-refractivity contribution in [3.63, 3.8) is 0 Å². The summed E-state index contributed by atoms with van der Waals surface area (Å²) in [5, 5.41) is 3.47. The summed E-state index contributed by atoms with van der Waals surface area (Å²) < 4.78 is 5.52. The number of likely N-dealkylation sites (N-methyl/N-ethyl adjacent to an activating group) is 1. The summed E-state index contributed by atoms with van der Waals surface area (Å²) in [6, 6.07) is 8.20. The maximum absolute atomic E-state index is 5.52. The molecule has 0 radical (unpaired) electrons. The third-order valence-corrected chi connectivity index (χ3v) is 3.09. The lowest BCUT2D eigenvalue weighted by molar-refractivity contribution is 0.302. The van der Waals surface area contributed by atoms with Crippen molar-refractivity contribution in [3.8, 4) is 5.75 Å². The van der Waals surface area contributed by atoms with E-state index in [0.29, 0.717) is 6.61 Å². The third kappa shape index (κ3) is 6.41. The predicted octanol–water partition coefficient (Wildman–Crippen LogP) is 2.68. The average molecular weight is 262 g/mol. The second kappa shape index (κ2) is 9.59. The van der Waals surface area contributed by atoms with Gasteiger partial charge in [-0.2, -0.15) is 0 Å². The van der Waals surface area contributed by atoms with Gasteiger partial charge in [0.25, 0.3) is 0 Å². The van der Waals surface area contributed by atoms with Crippen LogP contribution in [0.15, 0.2) is 36.9 Å². The zero-order valence-electron chi connectivity index (χ0n) is 12.2. The van der Waals surface area contributed by atoms with Crippen molar-refractivity contribution in [2.24, 2.45) is 0 Å². The van der Waals surface area contributed by atoms with E-state index in [4.69, 9.17) is 4.74 Å². The van der Waals surface area contributed by atoms with E-state index in [1.54, 1.807) is 6.08 Å². The first kappa shape index (κ1) is 15.7. The lowest BCUT2D eigenvalue weighted by atomic mass is 10.2. The summed E-state index contributed by atoms with van der Waals surface area (Å²) >= 11 is 0. The summed E-state index contributed by atoms with van der Waals surface area (Å²) in [5.41, 5.74) is 1.25. The van der Waals surface area contributed by atoms with E-state index >= 15 is 0 Å². The molecule has 0 aliphatic carbocycles. The van der Waals surface area contributed by atoms with Gasteiger partial charge in [-0.25, -0.2) is 0 Å². The highest BCUT2D eigenvalue weighted by Gasteiger charge is 1.99. The van der Waals surface area contributed by atoms with E-state index in [9.17, 15) is 0 Å². The Bertz CT molecular complexity index is 362. The first-order chi connectivity index (χ1) is 9.30. The molecule has 0 fully saturated rings. The Hall–Kier alpha value is -1.32. The minimum atomic E-state index is 0.554. The van der Waals surface area contributed by atoms with Crippen LogP contribution in [0.3, 0.4) is 0 Å². The van der Waals surface area contributed by atoms with E-state index in [0.717, 1.165) is 38.5 Å². The summed E-state index contributed by atoms with van der Waals surface area (Å²) in [4.78, 5) is 2.41. The molecule has 3 heteroatoms. The third-order valence-electron chi connectivity index (χ3n) is 3.09. The maximum Gasteiger partial charge on any atom is 0.120 e. The van der Waals surface area contributed by atoms with Crippen LogP contribution in [0.25, 0.3) is 0 Å². The molecule has 0 aliphatic rings. The lowest BCUT2D eigenvalue weighted by Crippen LogP contribution is -2.31. The molecule has 0 saturated heterocycles. The van der Waals surface area contributed by atoms with Gasteiger partial charge in [0.15, 0.2) is 0 Å². The van der Waals surface area contributed by atoms with E-state index in [1.165, 1.54) is 5.56 Å². The molecular weight excluding hydrogens is 236 g/mol. The van der Waals surface area contributed by atoms with Crippen LogP contribution in [0.4, 0.5) is 0 Å². The molecule has 0 unspecified atom stereocenters. The first-order valence-corrected chi connectivity index (χ1v) is 7.05. The summed E-state index contributed by atoms with van der Waals surface area (Å²) in [5.74, 6) is 0.906. The molecule has 1 N–H and O–H groups in total. The number of rotatable bonds is 10. The minimum Gasteiger partial charge on any atom is -0.490 e. The predicted molar refractivity (Wildman–Crippen MR) is 81.6 cm³/mol. The highest BCUT2D eigenvalue weighted by Crippen LogP contribution is 2.13. The van der Waals surface area contributed by atoms with Crippen molar-refractivity contribution < 1.29 is 4.74 Å². The molecule has 1 aromatic rings. The van der Waals surface area contributed by atoms with Gasteiger partial charge in [0.05, 0.1) is 0 Å². The van der Waals surface area contributed by atoms with Gasteiger partial charge in [-0.1, -0.05) is 38.6 Å². The number of ether oxygens (including phenoxy) is 1. The zero-order valence-corrected chi connectivity index (χ0v) is 12.2. The SMILES string of the molecule is C=CCOc1cccc(CNCCN(CC)CC)c1. The van der Waals surface area contributed by atoms with E-state index in [1.807, 2.05) is 12.1 Å². The van der Waals surface area contributed by atoms with Crippen LogP contribution in [0.2, 0.25) is 0 Å². The molecule has 0 spiro atoms. The van der Waals surface area contributed by atoms with Gasteiger partial charge in [0.2, 0.25) is 0 Å². The molecule has 19 heavy (non-hydrogen) atoms. The number of nitrogens with zero attached hydrogens (tertiary/aromatic N) is 1. The highest BCUT2D eigenvalue weighted by molar-refractivity contribution is 5.28. The number of benzene rings is 1. The van der Waals surface area contributed by atoms with E-state index in [-0.39, 0.29) is 0 Å². The molecule has 0 aliphatic heterocycles. The molecule has 0 aromatic heterocycles. The van der Waals surface area contributed by atoms with Crippen LogP contribution < -0.4 is 10.1 Å². The topological polar surface area (TPSA) is 24.5 Å². The molecule has 1 rings (SSSR count). The van der Waals surface area contributed by atoms with Gasteiger partial charge >= 0.3 is 0 Å². The fourth-order valence-corrected chi connectivity index (χ4v) is 1.91. The molecule has 0 amide bonds. The average Bonchev–Trinajstić information content (AvgIpc) is 2.46. The fourth-order valence-electron chi connectivity index (χ4n) is 1.91. The Morgan fingerprint density at radius 2 is 2.11 bits per heavy atom. The highest BCUT2D eigenvalue weighted by atomic mass is 16.5. The van der Waals surface area contributed by atoms with Crippen molar-refractivity contribution in [2.75, 3.05) is 32.8 Å².